The fraction of sp³-hybridized carbons (Fsp3) is 0.333. The maximum Gasteiger partial charge on any atom is 0.262 e. The maximum atomic E-state index is 12.2. The first kappa shape index (κ1) is 9.90. The maximum absolute atomic E-state index is 12.2. The van der Waals surface area contributed by atoms with Crippen molar-refractivity contribution in [2.45, 2.75) is 18.6 Å². The summed E-state index contributed by atoms with van der Waals surface area (Å²) in [4.78, 5) is 16.8. The standard InChI is InChI=1S/C12H12N2OS/c1-8-6-14-11(15)9-4-2-3-5-10(9)13-12(14)16-7-8/h2-5,8H,6-7H2,1H3. The van der Waals surface area contributed by atoms with Crippen LogP contribution in [-0.4, -0.2) is 15.3 Å². The summed E-state index contributed by atoms with van der Waals surface area (Å²) in [5, 5.41) is 1.59. The lowest BCUT2D eigenvalue weighted by atomic mass is 10.2. The zero-order valence-electron chi connectivity index (χ0n) is 9.01. The van der Waals surface area contributed by atoms with E-state index in [0.29, 0.717) is 5.92 Å². The van der Waals surface area contributed by atoms with E-state index in [4.69, 9.17) is 0 Å². The Labute approximate surface area is 97.5 Å². The highest BCUT2D eigenvalue weighted by molar-refractivity contribution is 7.99. The van der Waals surface area contributed by atoms with Gasteiger partial charge in [0, 0.05) is 12.3 Å². The first-order valence-corrected chi connectivity index (χ1v) is 6.36. The van der Waals surface area contributed by atoms with Crippen molar-refractivity contribution in [2.24, 2.45) is 5.92 Å². The summed E-state index contributed by atoms with van der Waals surface area (Å²) in [7, 11) is 0. The smallest absolute Gasteiger partial charge is 0.262 e. The van der Waals surface area contributed by atoms with E-state index in [0.717, 1.165) is 28.4 Å². The molecule has 16 heavy (non-hydrogen) atoms. The molecule has 2 aromatic rings. The fourth-order valence-electron chi connectivity index (χ4n) is 2.00. The molecule has 2 heterocycles. The quantitative estimate of drug-likeness (QED) is 0.653. The van der Waals surface area contributed by atoms with E-state index in [1.54, 1.807) is 16.3 Å². The van der Waals surface area contributed by atoms with Crippen molar-refractivity contribution in [1.29, 1.82) is 0 Å². The third-order valence-corrected chi connectivity index (χ3v) is 4.12. The molecule has 4 heteroatoms. The van der Waals surface area contributed by atoms with Crippen LogP contribution < -0.4 is 5.56 Å². The molecule has 0 saturated carbocycles. The third kappa shape index (κ3) is 1.45. The third-order valence-electron chi connectivity index (χ3n) is 2.82. The Morgan fingerprint density at radius 3 is 3.12 bits per heavy atom. The highest BCUT2D eigenvalue weighted by Crippen LogP contribution is 2.25. The van der Waals surface area contributed by atoms with Gasteiger partial charge >= 0.3 is 0 Å². The Morgan fingerprint density at radius 2 is 2.25 bits per heavy atom. The van der Waals surface area contributed by atoms with Crippen LogP contribution in [0, 0.1) is 5.92 Å². The molecule has 0 amide bonds. The Bertz CT molecular complexity index is 605. The van der Waals surface area contributed by atoms with Gasteiger partial charge in [-0.3, -0.25) is 9.36 Å². The molecular formula is C12H12N2OS. The summed E-state index contributed by atoms with van der Waals surface area (Å²) in [6.45, 7) is 2.95. The first-order chi connectivity index (χ1) is 7.75. The van der Waals surface area contributed by atoms with Gasteiger partial charge in [0.15, 0.2) is 5.16 Å². The van der Waals surface area contributed by atoms with Gasteiger partial charge in [-0.2, -0.15) is 0 Å². The van der Waals surface area contributed by atoms with E-state index in [1.807, 2.05) is 24.3 Å². The van der Waals surface area contributed by atoms with Gasteiger partial charge in [0.2, 0.25) is 0 Å². The van der Waals surface area contributed by atoms with Crippen LogP contribution in [0.25, 0.3) is 10.9 Å². The normalized spacial score (nSPS) is 19.7. The summed E-state index contributed by atoms with van der Waals surface area (Å²) < 4.78 is 1.81. The van der Waals surface area contributed by atoms with Gasteiger partial charge in [0.05, 0.1) is 10.9 Å². The number of hydrogen-bond acceptors (Lipinski definition) is 3. The van der Waals surface area contributed by atoms with Crippen molar-refractivity contribution in [1.82, 2.24) is 9.55 Å². The Kier molecular flexibility index (Phi) is 2.24. The van der Waals surface area contributed by atoms with Crippen LogP contribution in [0.4, 0.5) is 0 Å². The second-order valence-corrected chi connectivity index (χ2v) is 5.23. The van der Waals surface area contributed by atoms with E-state index < -0.39 is 0 Å². The molecule has 1 atom stereocenters. The van der Waals surface area contributed by atoms with Crippen molar-refractivity contribution in [3.05, 3.63) is 34.6 Å². The number of para-hydroxylation sites is 1. The van der Waals surface area contributed by atoms with Crippen LogP contribution >= 0.6 is 11.8 Å². The molecule has 0 saturated heterocycles. The number of thioether (sulfide) groups is 1. The van der Waals surface area contributed by atoms with Crippen LogP contribution in [0.2, 0.25) is 0 Å². The Morgan fingerprint density at radius 1 is 1.44 bits per heavy atom. The fourth-order valence-corrected chi connectivity index (χ4v) is 3.02. The molecule has 0 aliphatic carbocycles. The number of rotatable bonds is 0. The van der Waals surface area contributed by atoms with Crippen molar-refractivity contribution >= 4 is 22.7 Å². The average Bonchev–Trinajstić information content (AvgIpc) is 2.31. The van der Waals surface area contributed by atoms with Crippen molar-refractivity contribution < 1.29 is 0 Å². The molecule has 1 aliphatic heterocycles. The molecule has 1 aliphatic rings. The summed E-state index contributed by atoms with van der Waals surface area (Å²) in [6, 6.07) is 7.55. The second-order valence-electron chi connectivity index (χ2n) is 4.24. The first-order valence-electron chi connectivity index (χ1n) is 5.38. The van der Waals surface area contributed by atoms with Crippen LogP contribution in [0.5, 0.6) is 0 Å². The molecule has 1 aromatic carbocycles. The molecule has 3 rings (SSSR count). The average molecular weight is 232 g/mol. The minimum absolute atomic E-state index is 0.0969. The summed E-state index contributed by atoms with van der Waals surface area (Å²) in [5.74, 6) is 1.59. The molecule has 0 N–H and O–H groups in total. The Balaban J connectivity index is 2.34. The van der Waals surface area contributed by atoms with Crippen LogP contribution in [-0.2, 0) is 6.54 Å². The second kappa shape index (κ2) is 3.63. The minimum atomic E-state index is 0.0969. The Hall–Kier alpha value is -1.29. The van der Waals surface area contributed by atoms with E-state index in [-0.39, 0.29) is 5.56 Å². The highest BCUT2D eigenvalue weighted by Gasteiger charge is 2.18. The predicted molar refractivity (Wildman–Crippen MR) is 65.9 cm³/mol. The van der Waals surface area contributed by atoms with Gasteiger partial charge in [-0.1, -0.05) is 30.8 Å². The molecule has 0 spiro atoms. The summed E-state index contributed by atoms with van der Waals surface area (Å²) >= 11 is 1.68. The summed E-state index contributed by atoms with van der Waals surface area (Å²) in [5.41, 5.74) is 0.903. The van der Waals surface area contributed by atoms with Gasteiger partial charge in [0.25, 0.3) is 5.56 Å². The van der Waals surface area contributed by atoms with Crippen molar-refractivity contribution in [3.63, 3.8) is 0 Å². The highest BCUT2D eigenvalue weighted by atomic mass is 32.2. The molecule has 3 nitrogen and oxygen atoms in total. The van der Waals surface area contributed by atoms with E-state index in [9.17, 15) is 4.79 Å². The topological polar surface area (TPSA) is 34.9 Å². The molecular weight excluding hydrogens is 220 g/mol. The van der Waals surface area contributed by atoms with Crippen molar-refractivity contribution in [3.8, 4) is 0 Å². The number of hydrogen-bond donors (Lipinski definition) is 0. The predicted octanol–water partition coefficient (Wildman–Crippen LogP) is 2.14. The zero-order valence-corrected chi connectivity index (χ0v) is 9.83. The largest absolute Gasteiger partial charge is 0.287 e. The zero-order chi connectivity index (χ0) is 11.1. The monoisotopic (exact) mass is 232 g/mol. The van der Waals surface area contributed by atoms with Gasteiger partial charge < -0.3 is 0 Å². The number of nitrogens with zero attached hydrogens (tertiary/aromatic N) is 2. The lowest BCUT2D eigenvalue weighted by Gasteiger charge is -2.22. The van der Waals surface area contributed by atoms with E-state index in [2.05, 4.69) is 11.9 Å². The van der Waals surface area contributed by atoms with Crippen molar-refractivity contribution in [2.75, 3.05) is 5.75 Å². The van der Waals surface area contributed by atoms with Crippen LogP contribution in [0.15, 0.2) is 34.2 Å². The van der Waals surface area contributed by atoms with E-state index >= 15 is 0 Å². The van der Waals surface area contributed by atoms with Gasteiger partial charge in [-0.15, -0.1) is 0 Å². The molecule has 1 unspecified atom stereocenters. The molecule has 0 radical (unpaired) electrons. The lowest BCUT2D eigenvalue weighted by molar-refractivity contribution is 0.464. The lowest BCUT2D eigenvalue weighted by Crippen LogP contribution is -2.29. The number of fused-ring (bicyclic) bond motifs is 2. The molecule has 82 valence electrons. The molecule has 1 aromatic heterocycles. The number of aromatic nitrogens is 2. The SMILES string of the molecule is CC1CSc2nc3ccccc3c(=O)n2C1. The molecule has 0 fully saturated rings. The van der Waals surface area contributed by atoms with Gasteiger partial charge in [-0.25, -0.2) is 4.98 Å². The van der Waals surface area contributed by atoms with Gasteiger partial charge in [-0.05, 0) is 18.1 Å². The van der Waals surface area contributed by atoms with Crippen LogP contribution in [0.3, 0.4) is 0 Å². The van der Waals surface area contributed by atoms with Crippen LogP contribution in [0.1, 0.15) is 6.92 Å². The molecule has 0 bridgehead atoms. The minimum Gasteiger partial charge on any atom is -0.287 e. The number of benzene rings is 1. The summed E-state index contributed by atoms with van der Waals surface area (Å²) in [6.07, 6.45) is 0. The van der Waals surface area contributed by atoms with E-state index in [1.165, 1.54) is 0 Å². The van der Waals surface area contributed by atoms with Gasteiger partial charge in [0.1, 0.15) is 0 Å².